The van der Waals surface area contributed by atoms with E-state index in [1.54, 1.807) is 19.2 Å². The first kappa shape index (κ1) is 11.4. The number of benzene rings is 1. The van der Waals surface area contributed by atoms with Crippen LogP contribution in [-0.2, 0) is 21.3 Å². The van der Waals surface area contributed by atoms with Crippen LogP contribution < -0.4 is 5.14 Å². The van der Waals surface area contributed by atoms with Crippen LogP contribution >= 0.6 is 0 Å². The van der Waals surface area contributed by atoms with Crippen LogP contribution in [0.2, 0.25) is 0 Å². The van der Waals surface area contributed by atoms with Gasteiger partial charge in [0, 0.05) is 7.11 Å². The van der Waals surface area contributed by atoms with Crippen LogP contribution in [0.15, 0.2) is 29.2 Å². The van der Waals surface area contributed by atoms with E-state index in [1.165, 1.54) is 0 Å². The maximum absolute atomic E-state index is 10.9. The Labute approximate surface area is 86.9 Å². The van der Waals surface area contributed by atoms with Gasteiger partial charge >= 0.3 is 0 Å². The summed E-state index contributed by atoms with van der Waals surface area (Å²) < 4.78 is 16.3. The number of ether oxygens (including phenoxy) is 1. The lowest BCUT2D eigenvalue weighted by molar-refractivity contribution is 0.0192. The maximum Gasteiger partial charge on any atom is 0.122 e. The highest BCUT2D eigenvalue weighted by Gasteiger charge is 2.18. The molecular weight excluding hydrogens is 198 g/mol. The Hall–Kier alpha value is -0.710. The first-order chi connectivity index (χ1) is 6.47. The van der Waals surface area contributed by atoms with Crippen LogP contribution in [0.1, 0.15) is 19.4 Å². The molecule has 3 nitrogen and oxygen atoms in total. The molecule has 2 N–H and O–H groups in total. The van der Waals surface area contributed by atoms with Gasteiger partial charge in [0.1, 0.15) is 11.0 Å². The SMILES string of the molecule is COC(C)(C)c1ccc(S(N)=O)cc1. The van der Waals surface area contributed by atoms with Crippen molar-refractivity contribution < 1.29 is 8.95 Å². The highest BCUT2D eigenvalue weighted by Crippen LogP contribution is 2.23. The normalized spacial score (nSPS) is 14.0. The Morgan fingerprint density at radius 3 is 2.14 bits per heavy atom. The van der Waals surface area contributed by atoms with Crippen molar-refractivity contribution in [3.8, 4) is 0 Å². The average Bonchev–Trinajstić information content (AvgIpc) is 2.18. The van der Waals surface area contributed by atoms with E-state index in [0.29, 0.717) is 4.90 Å². The van der Waals surface area contributed by atoms with E-state index in [9.17, 15) is 4.21 Å². The summed E-state index contributed by atoms with van der Waals surface area (Å²) in [4.78, 5) is 0.626. The minimum Gasteiger partial charge on any atom is -0.374 e. The highest BCUT2D eigenvalue weighted by molar-refractivity contribution is 7.82. The molecule has 0 saturated carbocycles. The average molecular weight is 213 g/mol. The number of nitrogens with two attached hydrogens (primary N) is 1. The van der Waals surface area contributed by atoms with Gasteiger partial charge in [-0.3, -0.25) is 0 Å². The minimum absolute atomic E-state index is 0.325. The fourth-order valence-electron chi connectivity index (χ4n) is 1.11. The molecule has 78 valence electrons. The maximum atomic E-state index is 10.9. The van der Waals surface area contributed by atoms with Crippen LogP contribution in [0.4, 0.5) is 0 Å². The van der Waals surface area contributed by atoms with Crippen LogP contribution in [0, 0.1) is 0 Å². The molecule has 0 spiro atoms. The van der Waals surface area contributed by atoms with Gasteiger partial charge in [0.25, 0.3) is 0 Å². The number of rotatable bonds is 3. The predicted molar refractivity (Wildman–Crippen MR) is 57.1 cm³/mol. The zero-order chi connectivity index (χ0) is 10.8. The summed E-state index contributed by atoms with van der Waals surface area (Å²) in [6, 6.07) is 7.27. The fraction of sp³-hybridized carbons (Fsp3) is 0.400. The van der Waals surface area contributed by atoms with Gasteiger partial charge in [-0.2, -0.15) is 0 Å². The van der Waals surface area contributed by atoms with E-state index < -0.39 is 11.0 Å². The van der Waals surface area contributed by atoms with Crippen LogP contribution in [-0.4, -0.2) is 11.3 Å². The first-order valence-electron chi connectivity index (χ1n) is 4.29. The second-order valence-electron chi connectivity index (χ2n) is 3.54. The summed E-state index contributed by atoms with van der Waals surface area (Å²) in [5, 5.41) is 5.25. The molecule has 0 bridgehead atoms. The van der Waals surface area contributed by atoms with Crippen molar-refractivity contribution in [1.82, 2.24) is 0 Å². The summed E-state index contributed by atoms with van der Waals surface area (Å²) in [5.41, 5.74) is 0.712. The lowest BCUT2D eigenvalue weighted by Crippen LogP contribution is -2.19. The lowest BCUT2D eigenvalue weighted by Gasteiger charge is -2.23. The molecule has 0 fully saturated rings. The summed E-state index contributed by atoms with van der Waals surface area (Å²) in [6.45, 7) is 3.95. The number of hydrogen-bond donors (Lipinski definition) is 1. The fourth-order valence-corrected chi connectivity index (χ4v) is 1.51. The van der Waals surface area contributed by atoms with Crippen molar-refractivity contribution in [2.24, 2.45) is 5.14 Å². The second-order valence-corrected chi connectivity index (χ2v) is 4.60. The topological polar surface area (TPSA) is 52.3 Å². The molecule has 0 saturated heterocycles. The molecule has 0 heterocycles. The molecule has 1 aromatic rings. The molecule has 1 rings (SSSR count). The summed E-state index contributed by atoms with van der Waals surface area (Å²) in [6.07, 6.45) is 0. The van der Waals surface area contributed by atoms with Gasteiger partial charge in [0.2, 0.25) is 0 Å². The van der Waals surface area contributed by atoms with Crippen molar-refractivity contribution in [2.75, 3.05) is 7.11 Å². The van der Waals surface area contributed by atoms with Gasteiger partial charge in [0.05, 0.1) is 10.5 Å². The zero-order valence-corrected chi connectivity index (χ0v) is 9.43. The monoisotopic (exact) mass is 213 g/mol. The molecule has 0 aliphatic rings. The van der Waals surface area contributed by atoms with Gasteiger partial charge < -0.3 is 4.74 Å². The Bertz CT molecular complexity index is 332. The van der Waals surface area contributed by atoms with E-state index in [2.05, 4.69) is 0 Å². The van der Waals surface area contributed by atoms with Gasteiger partial charge in [-0.15, -0.1) is 0 Å². The number of methoxy groups -OCH3 is 1. The molecule has 1 aromatic carbocycles. The predicted octanol–water partition coefficient (Wildman–Crippen LogP) is 1.55. The van der Waals surface area contributed by atoms with E-state index in [1.807, 2.05) is 26.0 Å². The molecule has 1 atom stereocenters. The third-order valence-electron chi connectivity index (χ3n) is 2.29. The standard InChI is InChI=1S/C10H15NO2S/c1-10(2,13-3)8-4-6-9(7-5-8)14(11)12/h4-7H,11H2,1-3H3. The molecule has 0 aromatic heterocycles. The molecular formula is C10H15NO2S. The molecule has 0 radical (unpaired) electrons. The van der Waals surface area contributed by atoms with Gasteiger partial charge in [-0.25, -0.2) is 9.35 Å². The van der Waals surface area contributed by atoms with Crippen molar-refractivity contribution in [1.29, 1.82) is 0 Å². The molecule has 0 aliphatic heterocycles. The first-order valence-corrected chi connectivity index (χ1v) is 5.50. The Balaban J connectivity index is 2.99. The Morgan fingerprint density at radius 2 is 1.79 bits per heavy atom. The van der Waals surface area contributed by atoms with Crippen LogP contribution in [0.25, 0.3) is 0 Å². The second kappa shape index (κ2) is 4.21. The van der Waals surface area contributed by atoms with E-state index >= 15 is 0 Å². The van der Waals surface area contributed by atoms with E-state index in [4.69, 9.17) is 9.88 Å². The smallest absolute Gasteiger partial charge is 0.122 e. The quantitative estimate of drug-likeness (QED) is 0.828. The van der Waals surface area contributed by atoms with Crippen molar-refractivity contribution in [3.63, 3.8) is 0 Å². The molecule has 0 amide bonds. The third-order valence-corrected chi connectivity index (χ3v) is 3.03. The lowest BCUT2D eigenvalue weighted by atomic mass is 9.98. The highest BCUT2D eigenvalue weighted by atomic mass is 32.2. The minimum atomic E-state index is -1.41. The molecule has 0 aliphatic carbocycles. The number of hydrogen-bond acceptors (Lipinski definition) is 2. The van der Waals surface area contributed by atoms with E-state index in [-0.39, 0.29) is 5.60 Å². The van der Waals surface area contributed by atoms with Gasteiger partial charge in [-0.1, -0.05) is 12.1 Å². The summed E-state index contributed by atoms with van der Waals surface area (Å²) in [7, 11) is 0.255. The molecule has 1 unspecified atom stereocenters. The summed E-state index contributed by atoms with van der Waals surface area (Å²) >= 11 is 0. The Kier molecular flexibility index (Phi) is 3.42. The zero-order valence-electron chi connectivity index (χ0n) is 8.61. The van der Waals surface area contributed by atoms with Crippen LogP contribution in [0.5, 0.6) is 0 Å². The molecule has 4 heteroatoms. The van der Waals surface area contributed by atoms with E-state index in [0.717, 1.165) is 5.56 Å². The largest absolute Gasteiger partial charge is 0.374 e. The van der Waals surface area contributed by atoms with Gasteiger partial charge in [0.15, 0.2) is 0 Å². The summed E-state index contributed by atoms with van der Waals surface area (Å²) in [5.74, 6) is 0. The van der Waals surface area contributed by atoms with Crippen molar-refractivity contribution >= 4 is 11.0 Å². The van der Waals surface area contributed by atoms with Crippen LogP contribution in [0.3, 0.4) is 0 Å². The van der Waals surface area contributed by atoms with Gasteiger partial charge in [-0.05, 0) is 31.5 Å². The Morgan fingerprint density at radius 1 is 1.29 bits per heavy atom. The molecule has 14 heavy (non-hydrogen) atoms. The van der Waals surface area contributed by atoms with Crippen molar-refractivity contribution in [2.45, 2.75) is 24.3 Å². The van der Waals surface area contributed by atoms with Crippen molar-refractivity contribution in [3.05, 3.63) is 29.8 Å². The third kappa shape index (κ3) is 2.41.